The predicted molar refractivity (Wildman–Crippen MR) is 113 cm³/mol. The van der Waals surface area contributed by atoms with Crippen LogP contribution in [0.2, 0.25) is 0 Å². The van der Waals surface area contributed by atoms with Crippen LogP contribution in [0.1, 0.15) is 12.0 Å². The minimum absolute atomic E-state index is 0.0530. The molecule has 1 aliphatic rings. The van der Waals surface area contributed by atoms with E-state index in [-0.39, 0.29) is 33.8 Å². The Kier molecular flexibility index (Phi) is 4.86. The summed E-state index contributed by atoms with van der Waals surface area (Å²) in [6.45, 7) is 0. The normalized spacial score (nSPS) is 18.2. The largest absolute Gasteiger partial charge is 0.494 e. The summed E-state index contributed by atoms with van der Waals surface area (Å²) in [4.78, 5) is 28.2. The van der Waals surface area contributed by atoms with E-state index in [0.717, 1.165) is 4.57 Å². The van der Waals surface area contributed by atoms with Gasteiger partial charge in [-0.15, -0.1) is 0 Å². The molecule has 9 nitrogen and oxygen atoms in total. The van der Waals surface area contributed by atoms with Gasteiger partial charge in [0.15, 0.2) is 9.84 Å². The van der Waals surface area contributed by atoms with Crippen molar-refractivity contribution in [1.29, 1.82) is 0 Å². The van der Waals surface area contributed by atoms with E-state index in [1.165, 1.54) is 30.5 Å². The molecule has 10 heteroatoms. The molecule has 30 heavy (non-hydrogen) atoms. The number of fused-ring (bicyclic) bond motifs is 1. The Bertz CT molecular complexity index is 1360. The van der Waals surface area contributed by atoms with Crippen LogP contribution in [0.15, 0.2) is 58.3 Å². The molecule has 3 aromatic rings. The zero-order valence-electron chi connectivity index (χ0n) is 15.6. The number of aliphatic imine (C=N–C) groups is 1. The SMILES string of the molecule is O=c1c2ccccc2c(C=NC2CCS(=O)(=O)C2)c(O)n1-c1ccccc1[N+](=O)[O-]. The van der Waals surface area contributed by atoms with Gasteiger partial charge in [-0.1, -0.05) is 30.3 Å². The lowest BCUT2D eigenvalue weighted by atomic mass is 10.1. The molecule has 0 bridgehead atoms. The van der Waals surface area contributed by atoms with Crippen molar-refractivity contribution in [2.45, 2.75) is 12.5 Å². The molecule has 0 aliphatic carbocycles. The number of nitro groups is 1. The van der Waals surface area contributed by atoms with Crippen LogP contribution >= 0.6 is 0 Å². The minimum atomic E-state index is -3.13. The smallest absolute Gasteiger partial charge is 0.293 e. The summed E-state index contributed by atoms with van der Waals surface area (Å²) >= 11 is 0. The molecular formula is C20H17N3O6S. The van der Waals surface area contributed by atoms with Gasteiger partial charge < -0.3 is 5.11 Å². The van der Waals surface area contributed by atoms with E-state index < -0.39 is 32.2 Å². The predicted octanol–water partition coefficient (Wildman–Crippen LogP) is 2.21. The van der Waals surface area contributed by atoms with Crippen LogP contribution in [-0.2, 0) is 9.84 Å². The second kappa shape index (κ2) is 7.38. The highest BCUT2D eigenvalue weighted by molar-refractivity contribution is 7.91. The summed E-state index contributed by atoms with van der Waals surface area (Å²) in [5.74, 6) is -0.527. The molecule has 0 radical (unpaired) electrons. The topological polar surface area (TPSA) is 132 Å². The summed E-state index contributed by atoms with van der Waals surface area (Å²) < 4.78 is 24.3. The molecule has 1 aliphatic heterocycles. The van der Waals surface area contributed by atoms with E-state index in [9.17, 15) is 28.4 Å². The summed E-state index contributed by atoms with van der Waals surface area (Å²) in [5.41, 5.74) is -0.838. The number of nitro benzene ring substituents is 1. The number of aromatic hydroxyl groups is 1. The highest BCUT2D eigenvalue weighted by atomic mass is 32.2. The molecule has 1 saturated heterocycles. The summed E-state index contributed by atoms with van der Waals surface area (Å²) in [7, 11) is -3.13. The van der Waals surface area contributed by atoms with Crippen LogP contribution in [0.5, 0.6) is 5.88 Å². The number of aromatic nitrogens is 1. The van der Waals surface area contributed by atoms with Crippen molar-refractivity contribution in [2.75, 3.05) is 11.5 Å². The molecule has 0 spiro atoms. The van der Waals surface area contributed by atoms with Crippen LogP contribution in [0.4, 0.5) is 5.69 Å². The zero-order chi connectivity index (χ0) is 21.5. The lowest BCUT2D eigenvalue weighted by Crippen LogP contribution is -2.21. The lowest BCUT2D eigenvalue weighted by molar-refractivity contribution is -0.384. The zero-order valence-corrected chi connectivity index (χ0v) is 16.4. The average Bonchev–Trinajstić information content (AvgIpc) is 3.07. The number of benzene rings is 2. The van der Waals surface area contributed by atoms with E-state index >= 15 is 0 Å². The van der Waals surface area contributed by atoms with Crippen molar-refractivity contribution in [1.82, 2.24) is 4.57 Å². The molecule has 1 N–H and O–H groups in total. The first kappa shape index (κ1) is 19.8. The van der Waals surface area contributed by atoms with Gasteiger partial charge in [0.05, 0.1) is 28.0 Å². The standard InChI is InChI=1S/C20H17N3O6S/c24-19-15-6-2-1-5-14(15)16(11-21-13-9-10-30(28,29)12-13)20(25)22(19)17-7-3-4-8-18(17)23(26)27/h1-8,11,13,25H,9-10,12H2. The quantitative estimate of drug-likeness (QED) is 0.386. The molecule has 1 atom stereocenters. The van der Waals surface area contributed by atoms with Crippen LogP contribution < -0.4 is 5.56 Å². The van der Waals surface area contributed by atoms with Crippen LogP contribution in [0.25, 0.3) is 16.5 Å². The Hall–Kier alpha value is -3.53. The number of sulfone groups is 1. The number of nitrogens with zero attached hydrogens (tertiary/aromatic N) is 3. The molecule has 1 unspecified atom stereocenters. The molecule has 0 saturated carbocycles. The second-order valence-corrected chi connectivity index (χ2v) is 9.23. The molecule has 2 aromatic carbocycles. The first-order chi connectivity index (χ1) is 14.3. The van der Waals surface area contributed by atoms with Gasteiger partial charge in [0.2, 0.25) is 5.88 Å². The van der Waals surface area contributed by atoms with E-state index in [2.05, 4.69) is 4.99 Å². The van der Waals surface area contributed by atoms with Gasteiger partial charge in [-0.2, -0.15) is 0 Å². The summed E-state index contributed by atoms with van der Waals surface area (Å²) in [5, 5.41) is 23.0. The fourth-order valence-corrected chi connectivity index (χ4v) is 5.23. The number of para-hydroxylation sites is 2. The average molecular weight is 427 g/mol. The number of hydrogen-bond donors (Lipinski definition) is 1. The number of pyridine rings is 1. The molecule has 1 aromatic heterocycles. The van der Waals surface area contributed by atoms with Crippen molar-refractivity contribution in [3.05, 3.63) is 74.6 Å². The highest BCUT2D eigenvalue weighted by Crippen LogP contribution is 2.30. The van der Waals surface area contributed by atoms with Crippen molar-refractivity contribution in [3.63, 3.8) is 0 Å². The molecule has 154 valence electrons. The second-order valence-electron chi connectivity index (χ2n) is 7.00. The van der Waals surface area contributed by atoms with Crippen molar-refractivity contribution < 1.29 is 18.4 Å². The Balaban J connectivity index is 1.96. The Morgan fingerprint density at radius 2 is 1.80 bits per heavy atom. The summed E-state index contributed by atoms with van der Waals surface area (Å²) in [6, 6.07) is 11.7. The Labute approximate surface area is 171 Å². The molecule has 4 rings (SSSR count). The van der Waals surface area contributed by atoms with E-state index in [0.29, 0.717) is 11.8 Å². The fraction of sp³-hybridized carbons (Fsp3) is 0.200. The van der Waals surface area contributed by atoms with Gasteiger partial charge in [0.1, 0.15) is 5.69 Å². The van der Waals surface area contributed by atoms with Crippen molar-refractivity contribution in [3.8, 4) is 11.6 Å². The van der Waals surface area contributed by atoms with E-state index in [4.69, 9.17) is 0 Å². The van der Waals surface area contributed by atoms with Crippen LogP contribution in [0.3, 0.4) is 0 Å². The molecular weight excluding hydrogens is 410 g/mol. The molecule has 2 heterocycles. The van der Waals surface area contributed by atoms with Gasteiger partial charge >= 0.3 is 0 Å². The monoisotopic (exact) mass is 427 g/mol. The van der Waals surface area contributed by atoms with Gasteiger partial charge in [-0.05, 0) is 18.6 Å². The minimum Gasteiger partial charge on any atom is -0.494 e. The highest BCUT2D eigenvalue weighted by Gasteiger charge is 2.27. The summed E-state index contributed by atoms with van der Waals surface area (Å²) in [6.07, 6.45) is 1.72. The van der Waals surface area contributed by atoms with Gasteiger partial charge in [0, 0.05) is 23.1 Å². The van der Waals surface area contributed by atoms with Gasteiger partial charge in [-0.3, -0.25) is 19.9 Å². The van der Waals surface area contributed by atoms with Gasteiger partial charge in [0.25, 0.3) is 11.2 Å². The lowest BCUT2D eigenvalue weighted by Gasteiger charge is -2.14. The maximum Gasteiger partial charge on any atom is 0.293 e. The first-order valence-corrected chi connectivity index (χ1v) is 10.9. The third-order valence-corrected chi connectivity index (χ3v) is 6.80. The Morgan fingerprint density at radius 3 is 2.47 bits per heavy atom. The third-order valence-electron chi connectivity index (χ3n) is 5.05. The van der Waals surface area contributed by atoms with Gasteiger partial charge in [-0.25, -0.2) is 13.0 Å². The molecule has 0 amide bonds. The third kappa shape index (κ3) is 3.45. The maximum absolute atomic E-state index is 13.1. The maximum atomic E-state index is 13.1. The first-order valence-electron chi connectivity index (χ1n) is 9.12. The van der Waals surface area contributed by atoms with E-state index in [1.807, 2.05) is 0 Å². The fourth-order valence-electron chi connectivity index (χ4n) is 3.59. The molecule has 1 fully saturated rings. The van der Waals surface area contributed by atoms with Crippen LogP contribution in [0, 0.1) is 10.1 Å². The number of rotatable bonds is 4. The van der Waals surface area contributed by atoms with E-state index in [1.54, 1.807) is 24.3 Å². The van der Waals surface area contributed by atoms with Crippen molar-refractivity contribution >= 4 is 32.5 Å². The van der Waals surface area contributed by atoms with Crippen molar-refractivity contribution in [2.24, 2.45) is 4.99 Å². The number of hydrogen-bond acceptors (Lipinski definition) is 7. The Morgan fingerprint density at radius 1 is 1.13 bits per heavy atom. The van der Waals surface area contributed by atoms with Crippen LogP contribution in [-0.4, -0.2) is 46.8 Å².